The van der Waals surface area contributed by atoms with E-state index in [0.717, 1.165) is 0 Å². The number of ketones is 1. The van der Waals surface area contributed by atoms with Gasteiger partial charge in [0.2, 0.25) is 0 Å². The Kier molecular flexibility index (Phi) is 15.2. The number of rotatable bonds is 8. The zero-order valence-electron chi connectivity index (χ0n) is 34.8. The van der Waals surface area contributed by atoms with E-state index >= 15 is 0 Å². The van der Waals surface area contributed by atoms with Crippen LogP contribution in [0.2, 0.25) is 0 Å². The van der Waals surface area contributed by atoms with Crippen molar-refractivity contribution in [2.24, 2.45) is 23.7 Å². The number of ether oxygens (including phenoxy) is 7. The number of aliphatic hydroxyl groups excluding tert-OH is 2. The predicted molar refractivity (Wildman–Crippen MR) is 196 cm³/mol. The number of nitrogens with zero attached hydrogens (tertiary/aromatic N) is 1. The van der Waals surface area contributed by atoms with Crippen LogP contribution in [0, 0.1) is 23.7 Å². The second-order valence-electron chi connectivity index (χ2n) is 17.2. The second kappa shape index (κ2) is 17.5. The van der Waals surface area contributed by atoms with Crippen molar-refractivity contribution in [3.05, 3.63) is 0 Å². The summed E-state index contributed by atoms with van der Waals surface area (Å²) in [6.07, 6.45) is -7.92. The van der Waals surface area contributed by atoms with Crippen LogP contribution >= 0.6 is 0 Å². The van der Waals surface area contributed by atoms with E-state index in [0.29, 0.717) is 6.42 Å². The molecule has 0 radical (unpaired) electrons. The molecule has 0 aromatic heterocycles. The van der Waals surface area contributed by atoms with Gasteiger partial charge in [-0.2, -0.15) is 0 Å². The molecular weight excluding hydrogens is 690 g/mol. The minimum absolute atomic E-state index is 0.104. The first-order valence-electron chi connectivity index (χ1n) is 19.3. The van der Waals surface area contributed by atoms with Gasteiger partial charge in [-0.15, -0.1) is 0 Å². The molecule has 0 spiro atoms. The average Bonchev–Trinajstić information content (AvgIpc) is 3.09. The number of methoxy groups -OCH3 is 2. The topological polar surface area (TPSA) is 183 Å². The maximum absolute atomic E-state index is 14.2. The van der Waals surface area contributed by atoms with E-state index in [1.807, 2.05) is 32.8 Å². The van der Waals surface area contributed by atoms with E-state index in [4.69, 9.17) is 33.2 Å². The van der Waals surface area contributed by atoms with E-state index in [1.54, 1.807) is 55.4 Å². The number of hydrogen-bond donors (Lipinski definition) is 4. The van der Waals surface area contributed by atoms with Crippen molar-refractivity contribution < 1.29 is 63.2 Å². The first-order valence-corrected chi connectivity index (χ1v) is 19.3. The monoisotopic (exact) mass is 761 g/mol. The molecule has 3 aliphatic rings. The molecule has 14 nitrogen and oxygen atoms in total. The molecule has 3 fully saturated rings. The molecular formula is C39H71NO13. The van der Waals surface area contributed by atoms with E-state index < -0.39 is 101 Å². The molecule has 0 aromatic rings. The summed E-state index contributed by atoms with van der Waals surface area (Å²) in [4.78, 5) is 30.1. The number of Topliss-reactive ketones (excluding diaryl/α,β-unsaturated/α-hetero) is 1. The maximum Gasteiger partial charge on any atom is 0.311 e. The maximum atomic E-state index is 14.2. The first-order chi connectivity index (χ1) is 24.3. The Labute approximate surface area is 317 Å². The lowest BCUT2D eigenvalue weighted by atomic mass is 9.73. The van der Waals surface area contributed by atoms with Crippen LogP contribution in [0.5, 0.6) is 0 Å². The normalized spacial score (nSPS) is 49.7. The highest BCUT2D eigenvalue weighted by atomic mass is 16.7. The smallest absolute Gasteiger partial charge is 0.311 e. The zero-order valence-corrected chi connectivity index (χ0v) is 34.8. The van der Waals surface area contributed by atoms with Gasteiger partial charge in [-0.05, 0) is 81.8 Å². The molecule has 3 aliphatic heterocycles. The van der Waals surface area contributed by atoms with Crippen molar-refractivity contribution >= 4 is 11.8 Å². The minimum Gasteiger partial charge on any atom is -0.459 e. The van der Waals surface area contributed by atoms with Crippen molar-refractivity contribution in [2.75, 3.05) is 28.3 Å². The molecule has 0 aliphatic carbocycles. The summed E-state index contributed by atoms with van der Waals surface area (Å²) in [7, 11) is 6.77. The zero-order chi connectivity index (χ0) is 40.6. The van der Waals surface area contributed by atoms with Gasteiger partial charge < -0.3 is 58.5 Å². The van der Waals surface area contributed by atoms with Crippen molar-refractivity contribution in [2.45, 2.75) is 186 Å². The molecule has 3 saturated heterocycles. The molecule has 3 rings (SSSR count). The number of cyclic esters (lactones) is 1. The Balaban J connectivity index is 2.24. The summed E-state index contributed by atoms with van der Waals surface area (Å²) in [5.74, 6) is -4.50. The number of likely N-dealkylation sites (N-methyl/N-ethyl adjacent to an activating group) is 1. The van der Waals surface area contributed by atoms with Gasteiger partial charge in [0.25, 0.3) is 0 Å². The molecule has 14 heteroatoms. The molecule has 0 aromatic carbocycles. The minimum atomic E-state index is -1.97. The van der Waals surface area contributed by atoms with E-state index in [1.165, 1.54) is 21.1 Å². The molecule has 18 atom stereocenters. The van der Waals surface area contributed by atoms with Crippen LogP contribution in [-0.4, -0.2) is 149 Å². The van der Waals surface area contributed by atoms with Crippen LogP contribution in [0.1, 0.15) is 102 Å². The SMILES string of the molecule is CC[C@H]1OC(=O)C(C)C(OC2CC(C)(OC)[C@](C)(O)C(C)O2)C(C)C(OC2OC(C)CC(N(C)C)C2O)C(C)(OC)CC(C)C(=O)C(C)C(O)C1(C)O. The second-order valence-corrected chi connectivity index (χ2v) is 17.2. The van der Waals surface area contributed by atoms with Crippen LogP contribution in [0.4, 0.5) is 0 Å². The molecule has 53 heavy (non-hydrogen) atoms. The van der Waals surface area contributed by atoms with Crippen molar-refractivity contribution in [3.8, 4) is 0 Å². The lowest BCUT2D eigenvalue weighted by molar-refractivity contribution is -0.334. The first kappa shape index (κ1) is 46.1. The van der Waals surface area contributed by atoms with Crippen molar-refractivity contribution in [1.82, 2.24) is 4.90 Å². The third kappa shape index (κ3) is 9.30. The summed E-state index contributed by atoms with van der Waals surface area (Å²) in [6, 6.07) is -0.287. The number of carbonyl (C=O) groups is 2. The molecule has 0 amide bonds. The summed E-state index contributed by atoms with van der Waals surface area (Å²) >= 11 is 0. The number of esters is 1. The highest BCUT2D eigenvalue weighted by molar-refractivity contribution is 5.83. The van der Waals surface area contributed by atoms with Gasteiger partial charge >= 0.3 is 5.97 Å². The van der Waals surface area contributed by atoms with Gasteiger partial charge in [-0.3, -0.25) is 9.59 Å². The molecule has 4 N–H and O–H groups in total. The van der Waals surface area contributed by atoms with Crippen LogP contribution in [-0.2, 0) is 42.7 Å². The fourth-order valence-corrected chi connectivity index (χ4v) is 8.72. The predicted octanol–water partition coefficient (Wildman–Crippen LogP) is 2.83. The van der Waals surface area contributed by atoms with E-state index in [2.05, 4.69) is 0 Å². The molecule has 310 valence electrons. The van der Waals surface area contributed by atoms with E-state index in [-0.39, 0.29) is 37.2 Å². The lowest BCUT2D eigenvalue weighted by Gasteiger charge is -2.52. The number of carbonyl (C=O) groups excluding carboxylic acids is 2. The summed E-state index contributed by atoms with van der Waals surface area (Å²) in [6.45, 7) is 18.7. The number of aliphatic hydroxyl groups is 4. The third-order valence-electron chi connectivity index (χ3n) is 13.0. The Bertz CT molecular complexity index is 1230. The van der Waals surface area contributed by atoms with Crippen LogP contribution in [0.25, 0.3) is 0 Å². The highest BCUT2D eigenvalue weighted by Crippen LogP contribution is 2.44. The van der Waals surface area contributed by atoms with Gasteiger partial charge in [0.1, 0.15) is 34.8 Å². The quantitative estimate of drug-likeness (QED) is 0.265. The highest BCUT2D eigenvalue weighted by Gasteiger charge is 2.57. The van der Waals surface area contributed by atoms with Gasteiger partial charge in [-0.25, -0.2) is 0 Å². The van der Waals surface area contributed by atoms with Crippen LogP contribution in [0.15, 0.2) is 0 Å². The van der Waals surface area contributed by atoms with Crippen LogP contribution in [0.3, 0.4) is 0 Å². The van der Waals surface area contributed by atoms with E-state index in [9.17, 15) is 30.0 Å². The van der Waals surface area contributed by atoms with Crippen molar-refractivity contribution in [3.63, 3.8) is 0 Å². The molecule has 16 unspecified atom stereocenters. The Hall–Kier alpha value is -1.30. The average molecular weight is 762 g/mol. The fourth-order valence-electron chi connectivity index (χ4n) is 8.72. The fraction of sp³-hybridized carbons (Fsp3) is 0.949. The Morgan fingerprint density at radius 1 is 0.868 bits per heavy atom. The molecule has 0 bridgehead atoms. The number of hydrogen-bond acceptors (Lipinski definition) is 14. The standard InChI is InChI=1S/C39H71NO13/c1-16-27-38(10,45)32(43)22(4)29(41)20(2)18-36(8,47-14)33(53-35-30(42)26(40(12)13)17-21(3)49-35)23(5)31(24(6)34(44)51-27)52-28-19-37(9,48-15)39(11,46)25(7)50-28/h20-28,30-33,35,42-43,45-46H,16-19H2,1-15H3/t20?,21?,22?,23?,24?,25?,26?,27-,28?,30?,31?,32?,33?,35?,36?,37?,38?,39-/m1/s1. The summed E-state index contributed by atoms with van der Waals surface area (Å²) in [5, 5.41) is 46.1. The van der Waals surface area contributed by atoms with Gasteiger partial charge in [0.15, 0.2) is 12.6 Å². The summed E-state index contributed by atoms with van der Waals surface area (Å²) < 4.78 is 44.2. The third-order valence-corrected chi connectivity index (χ3v) is 13.0. The molecule has 3 heterocycles. The van der Waals surface area contributed by atoms with Gasteiger partial charge in [0.05, 0.1) is 42.0 Å². The van der Waals surface area contributed by atoms with Gasteiger partial charge in [-0.1, -0.05) is 27.7 Å². The molecule has 0 saturated carbocycles. The van der Waals surface area contributed by atoms with Crippen molar-refractivity contribution in [1.29, 1.82) is 0 Å². The Morgan fingerprint density at radius 2 is 1.47 bits per heavy atom. The van der Waals surface area contributed by atoms with Crippen LogP contribution < -0.4 is 0 Å². The largest absolute Gasteiger partial charge is 0.459 e. The van der Waals surface area contributed by atoms with Gasteiger partial charge in [0, 0.05) is 44.4 Å². The Morgan fingerprint density at radius 3 is 2.00 bits per heavy atom. The summed E-state index contributed by atoms with van der Waals surface area (Å²) in [5.41, 5.74) is -5.70. The lowest BCUT2D eigenvalue weighted by Crippen LogP contribution is -2.65.